The topological polar surface area (TPSA) is 135 Å². The van der Waals surface area contributed by atoms with Gasteiger partial charge in [0.2, 0.25) is 15.9 Å². The lowest BCUT2D eigenvalue weighted by molar-refractivity contribution is -0.117. The van der Waals surface area contributed by atoms with Crippen molar-refractivity contribution in [1.29, 1.82) is 0 Å². The van der Waals surface area contributed by atoms with Gasteiger partial charge in [0, 0.05) is 12.1 Å². The van der Waals surface area contributed by atoms with Crippen LogP contribution in [0.5, 0.6) is 5.75 Å². The van der Waals surface area contributed by atoms with E-state index in [0.29, 0.717) is 22.7 Å². The molecule has 10 nitrogen and oxygen atoms in total. The third kappa shape index (κ3) is 6.19. The smallest absolute Gasteiger partial charge is 0.274 e. The molecule has 1 unspecified atom stereocenters. The summed E-state index contributed by atoms with van der Waals surface area (Å²) >= 11 is 0. The molecule has 2 amide bonds. The lowest BCUT2D eigenvalue weighted by atomic mass is 10.1. The number of hydroxylamine groups is 1. The molecular weight excluding hydrogens is 484 g/mol. The summed E-state index contributed by atoms with van der Waals surface area (Å²) in [5, 5.41) is 5.86. The van der Waals surface area contributed by atoms with E-state index in [1.807, 2.05) is 30.3 Å². The Hall–Kier alpha value is -3.93. The van der Waals surface area contributed by atoms with E-state index < -0.39 is 22.0 Å². The van der Waals surface area contributed by atoms with Crippen molar-refractivity contribution < 1.29 is 27.6 Å². The van der Waals surface area contributed by atoms with E-state index in [1.54, 1.807) is 30.3 Å². The number of amides is 2. The van der Waals surface area contributed by atoms with Crippen LogP contribution in [-0.2, 0) is 26.3 Å². The van der Waals surface area contributed by atoms with E-state index in [4.69, 9.17) is 9.57 Å². The number of sulfonamides is 1. The molecule has 1 heterocycles. The van der Waals surface area contributed by atoms with Crippen molar-refractivity contribution in [3.8, 4) is 5.75 Å². The fraction of sp³-hybridized carbons (Fsp3) is 0.200. The Kier molecular flexibility index (Phi) is 7.84. The van der Waals surface area contributed by atoms with Gasteiger partial charge in [0.15, 0.2) is 0 Å². The Morgan fingerprint density at radius 1 is 1.00 bits per heavy atom. The fourth-order valence-electron chi connectivity index (χ4n) is 3.58. The predicted octanol–water partition coefficient (Wildman–Crippen LogP) is 2.66. The summed E-state index contributed by atoms with van der Waals surface area (Å²) in [5.74, 6) is -0.183. The number of anilines is 2. The highest BCUT2D eigenvalue weighted by atomic mass is 32.2. The second-order valence-corrected chi connectivity index (χ2v) is 9.78. The number of hydrogen-bond donors (Lipinski definition) is 4. The molecule has 0 bridgehead atoms. The van der Waals surface area contributed by atoms with Crippen LogP contribution in [0.15, 0.2) is 77.7 Å². The van der Waals surface area contributed by atoms with Crippen LogP contribution >= 0.6 is 0 Å². The minimum absolute atomic E-state index is 0.0300. The normalized spacial score (nSPS) is 14.8. The summed E-state index contributed by atoms with van der Waals surface area (Å²) in [4.78, 5) is 30.4. The molecule has 3 aromatic carbocycles. The van der Waals surface area contributed by atoms with Gasteiger partial charge in [-0.25, -0.2) is 18.6 Å². The van der Waals surface area contributed by atoms with Crippen molar-refractivity contribution in [2.45, 2.75) is 24.0 Å². The zero-order valence-corrected chi connectivity index (χ0v) is 20.3. The predicted molar refractivity (Wildman–Crippen MR) is 134 cm³/mol. The third-order valence-electron chi connectivity index (χ3n) is 5.53. The molecule has 0 aliphatic carbocycles. The van der Waals surface area contributed by atoms with Gasteiger partial charge in [-0.15, -0.1) is 0 Å². The molecular formula is C25H26N4O6S. The van der Waals surface area contributed by atoms with Gasteiger partial charge >= 0.3 is 0 Å². The number of rotatable bonds is 10. The zero-order chi connectivity index (χ0) is 25.5. The molecule has 0 saturated heterocycles. The van der Waals surface area contributed by atoms with Crippen LogP contribution in [0, 0.1) is 0 Å². The van der Waals surface area contributed by atoms with Crippen molar-refractivity contribution in [2.75, 3.05) is 24.3 Å². The summed E-state index contributed by atoms with van der Waals surface area (Å²) in [7, 11) is -2.25. The molecule has 0 fully saturated rings. The molecule has 36 heavy (non-hydrogen) atoms. The number of methoxy groups -OCH3 is 1. The molecule has 1 atom stereocenters. The fourth-order valence-corrected chi connectivity index (χ4v) is 4.63. The minimum Gasteiger partial charge on any atom is -0.497 e. The van der Waals surface area contributed by atoms with Gasteiger partial charge in [-0.05, 0) is 54.4 Å². The second kappa shape index (κ2) is 11.2. The van der Waals surface area contributed by atoms with Gasteiger partial charge in [0.1, 0.15) is 11.8 Å². The summed E-state index contributed by atoms with van der Waals surface area (Å²) < 4.78 is 32.6. The first kappa shape index (κ1) is 25.2. The number of carbonyl (C=O) groups excluding carboxylic acids is 2. The number of hydrogen-bond acceptors (Lipinski definition) is 7. The van der Waals surface area contributed by atoms with E-state index in [-0.39, 0.29) is 30.4 Å². The first-order valence-electron chi connectivity index (χ1n) is 11.2. The highest BCUT2D eigenvalue weighted by molar-refractivity contribution is 7.89. The maximum atomic E-state index is 12.5. The van der Waals surface area contributed by atoms with Crippen LogP contribution in [0.3, 0.4) is 0 Å². The molecule has 4 N–H and O–H groups in total. The Labute approximate surface area is 209 Å². The van der Waals surface area contributed by atoms with Crippen molar-refractivity contribution in [3.05, 3.63) is 83.9 Å². The molecule has 11 heteroatoms. The summed E-state index contributed by atoms with van der Waals surface area (Å²) in [6.45, 7) is 0.253. The molecule has 0 spiro atoms. The quantitative estimate of drug-likeness (QED) is 0.308. The average molecular weight is 511 g/mol. The molecule has 0 radical (unpaired) electrons. The molecule has 0 saturated carbocycles. The largest absolute Gasteiger partial charge is 0.497 e. The van der Waals surface area contributed by atoms with Crippen LogP contribution in [0.25, 0.3) is 0 Å². The van der Waals surface area contributed by atoms with Crippen LogP contribution in [-0.4, -0.2) is 39.9 Å². The van der Waals surface area contributed by atoms with Crippen molar-refractivity contribution in [1.82, 2.24) is 10.2 Å². The van der Waals surface area contributed by atoms with E-state index in [9.17, 15) is 18.0 Å². The SMILES string of the molecule is COc1ccc(S(=O)(=O)NCCC2Nc3cc(C(=O)NOCc4ccccc4)ccc3NC2=O)cc1. The Morgan fingerprint density at radius 2 is 1.75 bits per heavy atom. The molecule has 188 valence electrons. The molecule has 1 aliphatic heterocycles. The van der Waals surface area contributed by atoms with Crippen LogP contribution in [0.2, 0.25) is 0 Å². The van der Waals surface area contributed by atoms with Crippen LogP contribution in [0.4, 0.5) is 11.4 Å². The summed E-state index contributed by atoms with van der Waals surface area (Å²) in [6.07, 6.45) is 0.192. The van der Waals surface area contributed by atoms with Gasteiger partial charge in [-0.3, -0.25) is 14.4 Å². The Morgan fingerprint density at radius 3 is 2.47 bits per heavy atom. The number of nitrogens with one attached hydrogen (secondary N) is 4. The molecule has 1 aliphatic rings. The first-order valence-corrected chi connectivity index (χ1v) is 12.7. The van der Waals surface area contributed by atoms with Crippen LogP contribution < -0.4 is 25.6 Å². The van der Waals surface area contributed by atoms with Gasteiger partial charge in [-0.2, -0.15) is 0 Å². The van der Waals surface area contributed by atoms with Gasteiger partial charge < -0.3 is 15.4 Å². The second-order valence-electron chi connectivity index (χ2n) is 8.01. The van der Waals surface area contributed by atoms with Crippen molar-refractivity contribution in [2.24, 2.45) is 0 Å². The third-order valence-corrected chi connectivity index (χ3v) is 7.00. The minimum atomic E-state index is -3.74. The zero-order valence-electron chi connectivity index (χ0n) is 19.5. The highest BCUT2D eigenvalue weighted by Crippen LogP contribution is 2.28. The average Bonchev–Trinajstić information content (AvgIpc) is 2.89. The van der Waals surface area contributed by atoms with Crippen molar-refractivity contribution in [3.63, 3.8) is 0 Å². The highest BCUT2D eigenvalue weighted by Gasteiger charge is 2.26. The van der Waals surface area contributed by atoms with E-state index in [0.717, 1.165) is 5.56 Å². The van der Waals surface area contributed by atoms with E-state index in [1.165, 1.54) is 19.2 Å². The Bertz CT molecular complexity index is 1330. The number of carbonyl (C=O) groups is 2. The standard InChI is InChI=1S/C25H26N4O6S/c1-34-19-8-10-20(11-9-19)36(32,33)26-14-13-22-25(31)28-21-12-7-18(15-23(21)27-22)24(30)29-35-16-17-5-3-2-4-6-17/h2-12,15,22,26-27H,13-14,16H2,1H3,(H,28,31)(H,29,30). The molecule has 0 aromatic heterocycles. The van der Waals surface area contributed by atoms with E-state index in [2.05, 4.69) is 20.8 Å². The molecule has 3 aromatic rings. The van der Waals surface area contributed by atoms with E-state index >= 15 is 0 Å². The molecule has 4 rings (SSSR count). The lowest BCUT2D eigenvalue weighted by Crippen LogP contribution is -2.41. The summed E-state index contributed by atoms with van der Waals surface area (Å²) in [5.41, 5.74) is 4.74. The number of ether oxygens (including phenoxy) is 1. The van der Waals surface area contributed by atoms with Crippen molar-refractivity contribution >= 4 is 33.2 Å². The summed E-state index contributed by atoms with van der Waals surface area (Å²) in [6, 6.07) is 19.5. The number of fused-ring (bicyclic) bond motifs is 1. The monoisotopic (exact) mass is 510 g/mol. The van der Waals surface area contributed by atoms with Crippen LogP contribution in [0.1, 0.15) is 22.3 Å². The van der Waals surface area contributed by atoms with Gasteiger partial charge in [0.25, 0.3) is 5.91 Å². The maximum Gasteiger partial charge on any atom is 0.274 e. The Balaban J connectivity index is 1.32. The maximum absolute atomic E-state index is 12.5. The lowest BCUT2D eigenvalue weighted by Gasteiger charge is -2.27. The van der Waals surface area contributed by atoms with Gasteiger partial charge in [0.05, 0.1) is 30.0 Å². The van der Waals surface area contributed by atoms with Gasteiger partial charge in [-0.1, -0.05) is 30.3 Å². The first-order chi connectivity index (χ1) is 17.4. The number of benzene rings is 3.